The Morgan fingerprint density at radius 2 is 0.800 bits per heavy atom. The summed E-state index contributed by atoms with van der Waals surface area (Å²) in [5.74, 6) is 1.92. The first-order chi connectivity index (χ1) is 29.7. The van der Waals surface area contributed by atoms with Gasteiger partial charge < -0.3 is 9.13 Å². The molecule has 0 N–H and O–H groups in total. The van der Waals surface area contributed by atoms with Gasteiger partial charge in [0.05, 0.1) is 22.1 Å². The summed E-state index contributed by atoms with van der Waals surface area (Å²) >= 11 is 0. The van der Waals surface area contributed by atoms with E-state index in [4.69, 9.17) is 15.0 Å². The summed E-state index contributed by atoms with van der Waals surface area (Å²) in [6.45, 7) is 0. The van der Waals surface area contributed by atoms with Gasteiger partial charge in [-0.3, -0.25) is 0 Å². The Labute approximate surface area is 346 Å². The molecule has 0 aliphatic heterocycles. The maximum absolute atomic E-state index is 5.00. The molecule has 3 heterocycles. The summed E-state index contributed by atoms with van der Waals surface area (Å²) in [5, 5.41) is 7.40. The third-order valence-electron chi connectivity index (χ3n) is 11.7. The van der Waals surface area contributed by atoms with Crippen LogP contribution in [0.1, 0.15) is 0 Å². The minimum absolute atomic E-state index is 0.632. The standard InChI is InChI=1S/C55H35N5/c1-4-15-36(16-5-1)41-22-14-23-43(33-41)60-49-32-29-37-17-10-11-24-44(37)52(49)47-34-46-45-25-12-13-26-48(45)59(50(46)35-51(47)60)42-30-27-40(28-31-42)55-57-53(38-18-6-2-7-19-38)56-54(58-55)39-20-8-3-9-21-39/h1-35H. The minimum Gasteiger partial charge on any atom is -0.309 e. The Bertz CT molecular complexity index is 3510. The summed E-state index contributed by atoms with van der Waals surface area (Å²) in [6.07, 6.45) is 0. The van der Waals surface area contributed by atoms with Gasteiger partial charge in [-0.25, -0.2) is 15.0 Å². The van der Waals surface area contributed by atoms with E-state index in [0.717, 1.165) is 44.6 Å². The van der Waals surface area contributed by atoms with Crippen LogP contribution < -0.4 is 0 Å². The van der Waals surface area contributed by atoms with Crippen molar-refractivity contribution < 1.29 is 0 Å². The van der Waals surface area contributed by atoms with Gasteiger partial charge in [0.1, 0.15) is 0 Å². The van der Waals surface area contributed by atoms with Crippen LogP contribution >= 0.6 is 0 Å². The molecule has 0 bridgehead atoms. The molecule has 3 aromatic heterocycles. The third kappa shape index (κ3) is 5.52. The van der Waals surface area contributed by atoms with E-state index in [9.17, 15) is 0 Å². The van der Waals surface area contributed by atoms with Crippen LogP contribution in [0, 0.1) is 0 Å². The molecule has 0 aliphatic carbocycles. The van der Waals surface area contributed by atoms with Crippen LogP contribution in [0.25, 0.3) is 111 Å². The van der Waals surface area contributed by atoms with Gasteiger partial charge in [0, 0.05) is 49.6 Å². The second-order valence-corrected chi connectivity index (χ2v) is 15.3. The molecule has 0 unspecified atom stereocenters. The first kappa shape index (κ1) is 33.9. The molecule has 5 nitrogen and oxygen atoms in total. The van der Waals surface area contributed by atoms with Gasteiger partial charge in [0.2, 0.25) is 0 Å². The monoisotopic (exact) mass is 765 g/mol. The molecule has 12 aromatic rings. The predicted molar refractivity (Wildman–Crippen MR) is 248 cm³/mol. The summed E-state index contributed by atoms with van der Waals surface area (Å²) < 4.78 is 4.84. The number of para-hydroxylation sites is 1. The van der Waals surface area contributed by atoms with Crippen LogP contribution in [0.5, 0.6) is 0 Å². The molecule has 0 amide bonds. The maximum Gasteiger partial charge on any atom is 0.164 e. The van der Waals surface area contributed by atoms with E-state index in [1.165, 1.54) is 49.0 Å². The van der Waals surface area contributed by atoms with Crippen LogP contribution in [0.2, 0.25) is 0 Å². The van der Waals surface area contributed by atoms with Crippen molar-refractivity contribution in [3.63, 3.8) is 0 Å². The predicted octanol–water partition coefficient (Wildman–Crippen LogP) is 13.9. The Kier molecular flexibility index (Phi) is 7.78. The lowest BCUT2D eigenvalue weighted by Gasteiger charge is -2.12. The van der Waals surface area contributed by atoms with E-state index >= 15 is 0 Å². The van der Waals surface area contributed by atoms with E-state index in [0.29, 0.717) is 17.5 Å². The molecule has 60 heavy (non-hydrogen) atoms. The van der Waals surface area contributed by atoms with E-state index in [1.54, 1.807) is 0 Å². The van der Waals surface area contributed by atoms with Crippen molar-refractivity contribution in [1.82, 2.24) is 24.1 Å². The molecule has 280 valence electrons. The molecular formula is C55H35N5. The fourth-order valence-electron chi connectivity index (χ4n) is 8.96. The van der Waals surface area contributed by atoms with Gasteiger partial charge in [0.15, 0.2) is 17.5 Å². The number of benzene rings is 9. The molecule has 0 saturated heterocycles. The Hall–Kier alpha value is -8.15. The molecule has 0 atom stereocenters. The van der Waals surface area contributed by atoms with Gasteiger partial charge in [-0.15, -0.1) is 0 Å². The lowest BCUT2D eigenvalue weighted by Crippen LogP contribution is -2.00. The molecule has 0 spiro atoms. The van der Waals surface area contributed by atoms with Gasteiger partial charge in [0.25, 0.3) is 0 Å². The zero-order valence-electron chi connectivity index (χ0n) is 32.4. The number of nitrogens with zero attached hydrogens (tertiary/aromatic N) is 5. The van der Waals surface area contributed by atoms with Crippen LogP contribution in [0.15, 0.2) is 212 Å². The van der Waals surface area contributed by atoms with Crippen molar-refractivity contribution in [1.29, 1.82) is 0 Å². The molecule has 0 saturated carbocycles. The Morgan fingerprint density at radius 3 is 1.48 bits per heavy atom. The average molecular weight is 766 g/mol. The van der Waals surface area contributed by atoms with Gasteiger partial charge >= 0.3 is 0 Å². The first-order valence-electron chi connectivity index (χ1n) is 20.3. The van der Waals surface area contributed by atoms with Crippen molar-refractivity contribution in [2.24, 2.45) is 0 Å². The van der Waals surface area contributed by atoms with E-state index in [2.05, 4.69) is 161 Å². The van der Waals surface area contributed by atoms with Crippen molar-refractivity contribution >= 4 is 54.4 Å². The summed E-state index contributed by atoms with van der Waals surface area (Å²) in [6, 6.07) is 75.2. The normalized spacial score (nSPS) is 11.7. The van der Waals surface area contributed by atoms with Crippen molar-refractivity contribution in [2.75, 3.05) is 0 Å². The molecule has 0 radical (unpaired) electrons. The third-order valence-corrected chi connectivity index (χ3v) is 11.7. The molecule has 0 aliphatic rings. The Balaban J connectivity index is 1.07. The molecule has 0 fully saturated rings. The highest BCUT2D eigenvalue weighted by Gasteiger charge is 2.21. The highest BCUT2D eigenvalue weighted by Crippen LogP contribution is 2.42. The first-order valence-corrected chi connectivity index (χ1v) is 20.3. The molecular weight excluding hydrogens is 731 g/mol. The lowest BCUT2D eigenvalue weighted by atomic mass is 10.0. The Morgan fingerprint density at radius 1 is 0.267 bits per heavy atom. The summed E-state index contributed by atoms with van der Waals surface area (Å²) in [7, 11) is 0. The van der Waals surface area contributed by atoms with E-state index in [1.807, 2.05) is 60.7 Å². The second kappa shape index (κ2) is 13.8. The summed E-state index contributed by atoms with van der Waals surface area (Å²) in [4.78, 5) is 14.9. The number of aromatic nitrogens is 5. The van der Waals surface area contributed by atoms with Crippen molar-refractivity contribution in [3.8, 4) is 56.7 Å². The number of hydrogen-bond acceptors (Lipinski definition) is 3. The smallest absolute Gasteiger partial charge is 0.164 e. The number of rotatable bonds is 6. The largest absolute Gasteiger partial charge is 0.309 e. The highest BCUT2D eigenvalue weighted by atomic mass is 15.0. The SMILES string of the molecule is c1ccc(-c2cccc(-n3c4cc5c(cc4c4c6ccccc6ccc43)c3ccccc3n5-c3ccc(-c4nc(-c5ccccc5)nc(-c5ccccc5)n4)cc3)c2)cc1. The molecule has 9 aromatic carbocycles. The van der Waals surface area contributed by atoms with Crippen LogP contribution in [0.3, 0.4) is 0 Å². The highest BCUT2D eigenvalue weighted by molar-refractivity contribution is 6.25. The maximum atomic E-state index is 5.00. The number of fused-ring (bicyclic) bond motifs is 8. The molecule has 12 rings (SSSR count). The quantitative estimate of drug-likeness (QED) is 0.169. The average Bonchev–Trinajstić information content (AvgIpc) is 3.83. The van der Waals surface area contributed by atoms with Crippen molar-refractivity contribution in [2.45, 2.75) is 0 Å². The zero-order chi connectivity index (χ0) is 39.6. The number of hydrogen-bond donors (Lipinski definition) is 0. The van der Waals surface area contributed by atoms with Gasteiger partial charge in [-0.1, -0.05) is 152 Å². The summed E-state index contributed by atoms with van der Waals surface area (Å²) in [5.41, 5.74) is 12.0. The minimum atomic E-state index is 0.632. The van der Waals surface area contributed by atoms with Crippen molar-refractivity contribution in [3.05, 3.63) is 212 Å². The fraction of sp³-hybridized carbons (Fsp3) is 0. The fourth-order valence-corrected chi connectivity index (χ4v) is 8.96. The zero-order valence-corrected chi connectivity index (χ0v) is 32.4. The van der Waals surface area contributed by atoms with Crippen LogP contribution in [-0.2, 0) is 0 Å². The topological polar surface area (TPSA) is 48.5 Å². The van der Waals surface area contributed by atoms with Gasteiger partial charge in [-0.2, -0.15) is 0 Å². The van der Waals surface area contributed by atoms with Crippen LogP contribution in [0.4, 0.5) is 0 Å². The second-order valence-electron chi connectivity index (χ2n) is 15.3. The van der Waals surface area contributed by atoms with Crippen LogP contribution in [-0.4, -0.2) is 24.1 Å². The lowest BCUT2D eigenvalue weighted by molar-refractivity contribution is 1.07. The van der Waals surface area contributed by atoms with E-state index in [-0.39, 0.29) is 0 Å². The molecule has 5 heteroatoms. The van der Waals surface area contributed by atoms with Gasteiger partial charge in [-0.05, 0) is 82.6 Å². The van der Waals surface area contributed by atoms with E-state index < -0.39 is 0 Å².